The number of rotatable bonds is 4. The molecule has 0 aromatic carbocycles. The van der Waals surface area contributed by atoms with Gasteiger partial charge in [0.05, 0.1) is 0 Å². The minimum absolute atomic E-state index is 0.0424. The van der Waals surface area contributed by atoms with Crippen molar-refractivity contribution in [3.05, 3.63) is 12.2 Å². The predicted molar refractivity (Wildman–Crippen MR) is 90.1 cm³/mol. The molecule has 0 heterocycles. The van der Waals surface area contributed by atoms with E-state index in [1.807, 2.05) is 6.92 Å². The van der Waals surface area contributed by atoms with Crippen LogP contribution in [0.5, 0.6) is 0 Å². The fraction of sp³-hybridized carbons (Fsp3) is 0.789. The highest BCUT2D eigenvalue weighted by molar-refractivity contribution is 5.67. The van der Waals surface area contributed by atoms with Gasteiger partial charge in [0.25, 0.3) is 0 Å². The summed E-state index contributed by atoms with van der Waals surface area (Å²) in [6, 6.07) is 0. The van der Waals surface area contributed by atoms with E-state index in [1.54, 1.807) is 0 Å². The summed E-state index contributed by atoms with van der Waals surface area (Å²) in [6.07, 6.45) is 2.71. The van der Waals surface area contributed by atoms with Crippen LogP contribution in [0.3, 0.4) is 0 Å². The van der Waals surface area contributed by atoms with E-state index in [9.17, 15) is 14.7 Å². The Bertz CT molecular complexity index is 514. The molecule has 2 aliphatic carbocycles. The Morgan fingerprint density at radius 2 is 1.92 bits per heavy atom. The maximum absolute atomic E-state index is 11.7. The third-order valence-corrected chi connectivity index (χ3v) is 6.01. The van der Waals surface area contributed by atoms with Crippen molar-refractivity contribution in [2.75, 3.05) is 6.61 Å². The summed E-state index contributed by atoms with van der Waals surface area (Å²) in [5.74, 6) is -0.512. The lowest BCUT2D eigenvalue weighted by Gasteiger charge is -2.55. The van der Waals surface area contributed by atoms with Gasteiger partial charge in [-0.1, -0.05) is 26.0 Å². The number of hydrogen-bond donors (Lipinski definition) is 1. The number of fused-ring (bicyclic) bond motifs is 1. The predicted octanol–water partition coefficient (Wildman–Crippen LogP) is 2.86. The molecule has 5 heteroatoms. The number of ether oxygens (including phenoxy) is 2. The van der Waals surface area contributed by atoms with Gasteiger partial charge in [-0.05, 0) is 31.6 Å². The zero-order chi connectivity index (χ0) is 18.1. The standard InChI is InChI=1S/C19H30O5/c1-11-6-7-16(23-13(3)21)19(5)9-8-15(12(2)10-20)18(17(11)19)24-14(4)22/h12,15-18,20H,1,6-10H2,2-5H3/t12-,15+,16-,17-,18+,19+/m1/s1. The van der Waals surface area contributed by atoms with E-state index in [4.69, 9.17) is 9.47 Å². The second-order valence-electron chi connectivity index (χ2n) is 7.71. The van der Waals surface area contributed by atoms with Crippen LogP contribution in [-0.4, -0.2) is 35.9 Å². The van der Waals surface area contributed by atoms with E-state index in [0.717, 1.165) is 31.3 Å². The molecule has 0 aromatic rings. The van der Waals surface area contributed by atoms with Gasteiger partial charge in [-0.3, -0.25) is 9.59 Å². The molecule has 2 aliphatic rings. The van der Waals surface area contributed by atoms with Crippen molar-refractivity contribution in [2.45, 2.75) is 65.6 Å². The average molecular weight is 338 g/mol. The quantitative estimate of drug-likeness (QED) is 0.630. The van der Waals surface area contributed by atoms with Gasteiger partial charge < -0.3 is 14.6 Å². The van der Waals surface area contributed by atoms with Crippen LogP contribution in [0.1, 0.15) is 53.4 Å². The number of carbonyl (C=O) groups excluding carboxylic acids is 2. The van der Waals surface area contributed by atoms with Crippen LogP contribution in [0.15, 0.2) is 12.2 Å². The van der Waals surface area contributed by atoms with Crippen LogP contribution in [0, 0.1) is 23.2 Å². The Labute approximate surface area is 144 Å². The van der Waals surface area contributed by atoms with Gasteiger partial charge in [0.2, 0.25) is 0 Å². The molecule has 0 spiro atoms. The molecule has 0 unspecified atom stereocenters. The summed E-state index contributed by atoms with van der Waals surface area (Å²) < 4.78 is 11.4. The molecular weight excluding hydrogens is 308 g/mol. The molecule has 0 aromatic heterocycles. The van der Waals surface area contributed by atoms with E-state index in [-0.39, 0.29) is 53.9 Å². The highest BCUT2D eigenvalue weighted by Crippen LogP contribution is 2.56. The van der Waals surface area contributed by atoms with Gasteiger partial charge in [-0.15, -0.1) is 0 Å². The van der Waals surface area contributed by atoms with Crippen molar-refractivity contribution in [1.29, 1.82) is 0 Å². The Kier molecular flexibility index (Phi) is 5.74. The maximum atomic E-state index is 11.7. The number of carbonyl (C=O) groups is 2. The van der Waals surface area contributed by atoms with Crippen molar-refractivity contribution in [2.24, 2.45) is 23.2 Å². The SMILES string of the molecule is C=C1CC[C@@H](OC(C)=O)[C@]2(C)CC[C@@H]([C@H](C)CO)[C@H](OC(C)=O)[C@@H]12. The number of hydrogen-bond acceptors (Lipinski definition) is 5. The van der Waals surface area contributed by atoms with E-state index in [1.165, 1.54) is 13.8 Å². The van der Waals surface area contributed by atoms with Crippen LogP contribution in [0.25, 0.3) is 0 Å². The largest absolute Gasteiger partial charge is 0.462 e. The lowest BCUT2D eigenvalue weighted by Crippen LogP contribution is -2.57. The fourth-order valence-electron chi connectivity index (χ4n) is 4.77. The first-order chi connectivity index (χ1) is 11.2. The molecule has 6 atom stereocenters. The molecule has 0 aliphatic heterocycles. The molecule has 2 rings (SSSR count). The summed E-state index contributed by atoms with van der Waals surface area (Å²) in [4.78, 5) is 23.2. The average Bonchev–Trinajstić information content (AvgIpc) is 2.48. The Morgan fingerprint density at radius 1 is 1.29 bits per heavy atom. The Hall–Kier alpha value is -1.36. The van der Waals surface area contributed by atoms with Crippen LogP contribution in [0.4, 0.5) is 0 Å². The molecule has 1 N–H and O–H groups in total. The third kappa shape index (κ3) is 3.51. The lowest BCUT2D eigenvalue weighted by molar-refractivity contribution is -0.185. The minimum Gasteiger partial charge on any atom is -0.462 e. The topological polar surface area (TPSA) is 72.8 Å². The highest BCUT2D eigenvalue weighted by atomic mass is 16.6. The van der Waals surface area contributed by atoms with Crippen molar-refractivity contribution in [3.63, 3.8) is 0 Å². The lowest BCUT2D eigenvalue weighted by atomic mass is 9.53. The van der Waals surface area contributed by atoms with Crippen LogP contribution < -0.4 is 0 Å². The molecule has 0 amide bonds. The zero-order valence-corrected chi connectivity index (χ0v) is 15.2. The van der Waals surface area contributed by atoms with Gasteiger partial charge in [0.15, 0.2) is 0 Å². The molecule has 2 fully saturated rings. The molecule has 2 saturated carbocycles. The molecule has 5 nitrogen and oxygen atoms in total. The molecule has 136 valence electrons. The van der Waals surface area contributed by atoms with Crippen molar-refractivity contribution >= 4 is 11.9 Å². The van der Waals surface area contributed by atoms with E-state index < -0.39 is 0 Å². The maximum Gasteiger partial charge on any atom is 0.302 e. The number of esters is 2. The normalized spacial score (nSPS) is 37.3. The summed E-state index contributed by atoms with van der Waals surface area (Å²) in [6.45, 7) is 11.3. The third-order valence-electron chi connectivity index (χ3n) is 6.01. The summed E-state index contributed by atoms with van der Waals surface area (Å²) in [7, 11) is 0. The molecule has 0 saturated heterocycles. The van der Waals surface area contributed by atoms with E-state index in [0.29, 0.717) is 0 Å². The van der Waals surface area contributed by atoms with Gasteiger partial charge in [-0.2, -0.15) is 0 Å². The Balaban J connectivity index is 2.39. The van der Waals surface area contributed by atoms with Gasteiger partial charge in [0, 0.05) is 37.7 Å². The molecule has 0 bridgehead atoms. The summed E-state index contributed by atoms with van der Waals surface area (Å²) in [5, 5.41) is 9.60. The summed E-state index contributed by atoms with van der Waals surface area (Å²) in [5.41, 5.74) is 0.772. The first-order valence-electron chi connectivity index (χ1n) is 8.83. The molecule has 0 radical (unpaired) electrons. The van der Waals surface area contributed by atoms with Crippen molar-refractivity contribution < 1.29 is 24.2 Å². The smallest absolute Gasteiger partial charge is 0.302 e. The van der Waals surface area contributed by atoms with E-state index >= 15 is 0 Å². The second-order valence-corrected chi connectivity index (χ2v) is 7.71. The monoisotopic (exact) mass is 338 g/mol. The van der Waals surface area contributed by atoms with Gasteiger partial charge >= 0.3 is 11.9 Å². The van der Waals surface area contributed by atoms with Crippen molar-refractivity contribution in [3.8, 4) is 0 Å². The Morgan fingerprint density at radius 3 is 2.46 bits per heavy atom. The first-order valence-corrected chi connectivity index (χ1v) is 8.83. The van der Waals surface area contributed by atoms with Crippen molar-refractivity contribution in [1.82, 2.24) is 0 Å². The van der Waals surface area contributed by atoms with Gasteiger partial charge in [0.1, 0.15) is 12.2 Å². The number of aliphatic hydroxyl groups excluding tert-OH is 1. The summed E-state index contributed by atoms with van der Waals surface area (Å²) >= 11 is 0. The zero-order valence-electron chi connectivity index (χ0n) is 15.2. The van der Waals surface area contributed by atoms with E-state index in [2.05, 4.69) is 13.5 Å². The number of aliphatic hydroxyl groups is 1. The molecular formula is C19H30O5. The fourth-order valence-corrected chi connectivity index (χ4v) is 4.77. The first kappa shape index (κ1) is 19.0. The second kappa shape index (κ2) is 7.26. The van der Waals surface area contributed by atoms with Gasteiger partial charge in [-0.25, -0.2) is 0 Å². The van der Waals surface area contributed by atoms with Crippen LogP contribution in [0.2, 0.25) is 0 Å². The molecule has 24 heavy (non-hydrogen) atoms. The van der Waals surface area contributed by atoms with Crippen LogP contribution >= 0.6 is 0 Å². The highest BCUT2D eigenvalue weighted by Gasteiger charge is 2.56. The minimum atomic E-state index is -0.325. The van der Waals surface area contributed by atoms with Crippen LogP contribution in [-0.2, 0) is 19.1 Å².